The number of unbranched alkanes of at least 4 members (excludes halogenated alkanes) is 11. The number of epoxide rings is 1. The molecule has 11 heteroatoms. The summed E-state index contributed by atoms with van der Waals surface area (Å²) >= 11 is 0. The predicted octanol–water partition coefficient (Wildman–Crippen LogP) is 10.8. The molecule has 0 bridgehead atoms. The minimum Gasteiger partial charge on any atom is -0.756 e. The Morgan fingerprint density at radius 2 is 1.19 bits per heavy atom. The molecule has 1 rings (SSSR count). The van der Waals surface area contributed by atoms with Gasteiger partial charge in [0.25, 0.3) is 7.82 Å². The Hall–Kier alpha value is -2.33. The van der Waals surface area contributed by atoms with Crippen LogP contribution >= 0.6 is 7.82 Å². The van der Waals surface area contributed by atoms with Crippen molar-refractivity contribution in [1.29, 1.82) is 0 Å². The van der Waals surface area contributed by atoms with E-state index in [0.717, 1.165) is 64.2 Å². The summed E-state index contributed by atoms with van der Waals surface area (Å²) in [4.78, 5) is 37.5. The molecule has 0 N–H and O–H groups in total. The van der Waals surface area contributed by atoms with Gasteiger partial charge in [-0.25, -0.2) is 0 Å². The quantitative estimate of drug-likeness (QED) is 0.0149. The number of nitrogens with zero attached hydrogens (tertiary/aromatic N) is 1. The maximum absolute atomic E-state index is 12.7. The summed E-state index contributed by atoms with van der Waals surface area (Å²) in [5, 5.41) is 0. The number of hydrogen-bond acceptors (Lipinski definition) is 9. The van der Waals surface area contributed by atoms with Gasteiger partial charge in [0, 0.05) is 12.8 Å². The molecule has 1 aliphatic heterocycles. The first-order chi connectivity index (χ1) is 27.5. The van der Waals surface area contributed by atoms with Crippen molar-refractivity contribution in [2.75, 3.05) is 47.5 Å². The van der Waals surface area contributed by atoms with Crippen molar-refractivity contribution in [2.45, 2.75) is 173 Å². The highest BCUT2D eigenvalue weighted by Gasteiger charge is 2.36. The van der Waals surface area contributed by atoms with Crippen LogP contribution in [0.3, 0.4) is 0 Å². The van der Waals surface area contributed by atoms with Crippen LogP contribution in [0.2, 0.25) is 0 Å². The standard InChI is InChI=1S/C46H80NO9P/c1-6-8-10-11-12-13-14-15-16-17-18-19-20-21-25-28-32-36-45(48)52-40-42(41-54-57(50,51)53-39-38-47(3,4)5)55-46(49)37-33-29-26-23-22-24-27-31-35-44-43(56-44)34-30-9-7-2/h12-13,15-16,18-19,21,25,27,31,42-44H,6-11,14,17,20,22-24,26,28-30,32-41H2,1-5H3/b13-12-,16-15-,19-18-,25-21-,31-27-/t42-,43?,44?/m1/s1. The second-order valence-electron chi connectivity index (χ2n) is 16.1. The molecule has 1 aliphatic rings. The fourth-order valence-corrected chi connectivity index (χ4v) is 6.56. The van der Waals surface area contributed by atoms with Crippen LogP contribution in [0.5, 0.6) is 0 Å². The molecule has 1 saturated heterocycles. The van der Waals surface area contributed by atoms with Crippen LogP contribution < -0.4 is 4.89 Å². The summed E-state index contributed by atoms with van der Waals surface area (Å²) in [6.45, 7) is 4.06. The lowest BCUT2D eigenvalue weighted by Gasteiger charge is -2.28. The van der Waals surface area contributed by atoms with Gasteiger partial charge in [0.2, 0.25) is 0 Å². The zero-order chi connectivity index (χ0) is 41.9. The Balaban J connectivity index is 2.33. The summed E-state index contributed by atoms with van der Waals surface area (Å²) in [6, 6.07) is 0. The van der Waals surface area contributed by atoms with E-state index in [1.807, 2.05) is 27.2 Å². The van der Waals surface area contributed by atoms with E-state index in [1.54, 1.807) is 0 Å². The van der Waals surface area contributed by atoms with E-state index in [-0.39, 0.29) is 26.1 Å². The number of ether oxygens (including phenoxy) is 3. The summed E-state index contributed by atoms with van der Waals surface area (Å²) in [5.41, 5.74) is 0. The van der Waals surface area contributed by atoms with Crippen LogP contribution in [0.4, 0.5) is 0 Å². The lowest BCUT2D eigenvalue weighted by Crippen LogP contribution is -2.37. The van der Waals surface area contributed by atoms with Gasteiger partial charge in [-0.1, -0.05) is 126 Å². The molecule has 0 aromatic heterocycles. The molecule has 3 unspecified atom stereocenters. The summed E-state index contributed by atoms with van der Waals surface area (Å²) in [5.74, 6) is -0.927. The third-order valence-electron chi connectivity index (χ3n) is 9.43. The number of likely N-dealkylation sites (N-methyl/N-ethyl adjacent to an activating group) is 1. The van der Waals surface area contributed by atoms with Gasteiger partial charge in [-0.05, 0) is 77.0 Å². The molecule has 1 fully saturated rings. The molecule has 0 aromatic carbocycles. The lowest BCUT2D eigenvalue weighted by atomic mass is 10.1. The van der Waals surface area contributed by atoms with Gasteiger partial charge in [0.05, 0.1) is 40.0 Å². The van der Waals surface area contributed by atoms with Gasteiger partial charge < -0.3 is 32.6 Å². The number of hydrogen-bond donors (Lipinski definition) is 0. The van der Waals surface area contributed by atoms with Crippen molar-refractivity contribution in [3.8, 4) is 0 Å². The molecule has 0 radical (unpaired) electrons. The molecule has 0 saturated carbocycles. The second-order valence-corrected chi connectivity index (χ2v) is 17.5. The van der Waals surface area contributed by atoms with E-state index < -0.39 is 32.5 Å². The molecule has 1 heterocycles. The summed E-state index contributed by atoms with van der Waals surface area (Å²) < 4.78 is 39.6. The van der Waals surface area contributed by atoms with Crippen molar-refractivity contribution in [3.63, 3.8) is 0 Å². The Kier molecular flexibility index (Phi) is 31.9. The van der Waals surface area contributed by atoms with Crippen molar-refractivity contribution in [2.24, 2.45) is 0 Å². The van der Waals surface area contributed by atoms with Crippen LogP contribution in [0, 0.1) is 0 Å². The molecule has 4 atom stereocenters. The highest BCUT2D eigenvalue weighted by atomic mass is 31.2. The first-order valence-corrected chi connectivity index (χ1v) is 23.6. The Labute approximate surface area is 347 Å². The van der Waals surface area contributed by atoms with Crippen molar-refractivity contribution >= 4 is 19.8 Å². The Morgan fingerprint density at radius 3 is 1.84 bits per heavy atom. The molecular weight excluding hydrogens is 741 g/mol. The molecule has 0 aromatic rings. The third kappa shape index (κ3) is 35.3. The van der Waals surface area contributed by atoms with Crippen LogP contribution in [-0.4, -0.2) is 82.2 Å². The summed E-state index contributed by atoms with van der Waals surface area (Å²) in [7, 11) is 1.11. The van der Waals surface area contributed by atoms with Crippen LogP contribution in [0.1, 0.15) is 155 Å². The van der Waals surface area contributed by atoms with Gasteiger partial charge in [-0.2, -0.15) is 0 Å². The van der Waals surface area contributed by atoms with Gasteiger partial charge in [0.15, 0.2) is 6.10 Å². The zero-order valence-corrected chi connectivity index (χ0v) is 37.4. The topological polar surface area (TPSA) is 124 Å². The SMILES string of the molecule is CCCCC/C=C\C/C=C\C/C=C\C/C=C\CCCC(=O)OC[C@H](COP(=O)([O-])OCC[N+](C)(C)C)OC(=O)CCCCCCC/C=C\CC1OC1CCCCC. The molecule has 0 spiro atoms. The average molecular weight is 822 g/mol. The number of carbonyl (C=O) groups excluding carboxylic acids is 2. The van der Waals surface area contributed by atoms with E-state index in [0.29, 0.717) is 36.1 Å². The first-order valence-electron chi connectivity index (χ1n) is 22.1. The highest BCUT2D eigenvalue weighted by Crippen LogP contribution is 2.38. The lowest BCUT2D eigenvalue weighted by molar-refractivity contribution is -0.870. The van der Waals surface area contributed by atoms with Gasteiger partial charge in [-0.3, -0.25) is 14.2 Å². The highest BCUT2D eigenvalue weighted by molar-refractivity contribution is 7.45. The number of rotatable bonds is 38. The van der Waals surface area contributed by atoms with Gasteiger partial charge >= 0.3 is 11.9 Å². The second kappa shape index (κ2) is 34.5. The fourth-order valence-electron chi connectivity index (χ4n) is 5.83. The van der Waals surface area contributed by atoms with Crippen molar-refractivity contribution in [3.05, 3.63) is 60.8 Å². The zero-order valence-electron chi connectivity index (χ0n) is 36.5. The van der Waals surface area contributed by atoms with E-state index in [2.05, 4.69) is 68.5 Å². The number of esters is 2. The van der Waals surface area contributed by atoms with E-state index in [4.69, 9.17) is 23.3 Å². The number of carbonyl (C=O) groups is 2. The minimum absolute atomic E-state index is 0.0471. The maximum Gasteiger partial charge on any atom is 0.306 e. The molecule has 57 heavy (non-hydrogen) atoms. The van der Waals surface area contributed by atoms with Crippen LogP contribution in [0.15, 0.2) is 60.8 Å². The molecule has 0 amide bonds. The average Bonchev–Trinajstić information content (AvgIpc) is 3.91. The molecular formula is C46H80NO9P. The fraction of sp³-hybridized carbons (Fsp3) is 0.739. The molecule has 10 nitrogen and oxygen atoms in total. The van der Waals surface area contributed by atoms with Gasteiger partial charge in [0.1, 0.15) is 19.8 Å². The van der Waals surface area contributed by atoms with Crippen LogP contribution in [-0.2, 0) is 37.4 Å². The number of phosphoric ester groups is 1. The minimum atomic E-state index is -4.65. The largest absolute Gasteiger partial charge is 0.756 e. The maximum atomic E-state index is 12.7. The number of phosphoric acid groups is 1. The smallest absolute Gasteiger partial charge is 0.306 e. The van der Waals surface area contributed by atoms with Crippen molar-refractivity contribution in [1.82, 2.24) is 0 Å². The van der Waals surface area contributed by atoms with E-state index in [1.165, 1.54) is 51.4 Å². The Morgan fingerprint density at radius 1 is 0.649 bits per heavy atom. The predicted molar refractivity (Wildman–Crippen MR) is 231 cm³/mol. The van der Waals surface area contributed by atoms with Gasteiger partial charge in [-0.15, -0.1) is 0 Å². The monoisotopic (exact) mass is 822 g/mol. The van der Waals surface area contributed by atoms with E-state index >= 15 is 0 Å². The number of allylic oxidation sites excluding steroid dienone is 9. The Bertz CT molecular complexity index is 1220. The van der Waals surface area contributed by atoms with E-state index in [9.17, 15) is 19.0 Å². The molecule has 328 valence electrons. The molecule has 0 aliphatic carbocycles. The number of quaternary nitrogens is 1. The first kappa shape index (κ1) is 52.7. The summed E-state index contributed by atoms with van der Waals surface area (Å²) in [6.07, 6.45) is 42.8. The van der Waals surface area contributed by atoms with Crippen molar-refractivity contribution < 1.29 is 46.8 Å². The normalized spacial score (nSPS) is 17.7. The van der Waals surface area contributed by atoms with Crippen LogP contribution in [0.25, 0.3) is 0 Å². The third-order valence-corrected chi connectivity index (χ3v) is 10.4.